The molecule has 0 spiro atoms. The first kappa shape index (κ1) is 21.9. The normalized spacial score (nSPS) is 15.6. The molecule has 6 nitrogen and oxygen atoms in total. The van der Waals surface area contributed by atoms with E-state index in [0.29, 0.717) is 23.3 Å². The Hall–Kier alpha value is -3.95. The molecule has 0 aliphatic carbocycles. The zero-order valence-electron chi connectivity index (χ0n) is 19.4. The van der Waals surface area contributed by atoms with Crippen molar-refractivity contribution in [3.8, 4) is 23.8 Å². The van der Waals surface area contributed by atoms with Gasteiger partial charge in [0.1, 0.15) is 17.3 Å². The van der Waals surface area contributed by atoms with Gasteiger partial charge >= 0.3 is 0 Å². The third kappa shape index (κ3) is 4.70. The van der Waals surface area contributed by atoms with Crippen LogP contribution in [0.4, 0.5) is 11.5 Å². The molecule has 0 bridgehead atoms. The van der Waals surface area contributed by atoms with E-state index in [0.717, 1.165) is 46.7 Å². The van der Waals surface area contributed by atoms with Crippen molar-refractivity contribution in [1.82, 2.24) is 20.3 Å². The van der Waals surface area contributed by atoms with Crippen LogP contribution in [0.2, 0.25) is 0 Å². The number of anilines is 2. The van der Waals surface area contributed by atoms with Gasteiger partial charge in [0, 0.05) is 23.3 Å². The molecule has 4 aromatic rings. The Morgan fingerprint density at radius 2 is 2.00 bits per heavy atom. The van der Waals surface area contributed by atoms with Gasteiger partial charge in [-0.25, -0.2) is 9.97 Å². The summed E-state index contributed by atoms with van der Waals surface area (Å²) in [5, 5.41) is 7.92. The Balaban J connectivity index is 1.45. The molecule has 0 saturated carbocycles. The molecule has 2 aromatic heterocycles. The van der Waals surface area contributed by atoms with Crippen molar-refractivity contribution >= 4 is 22.4 Å². The summed E-state index contributed by atoms with van der Waals surface area (Å²) in [5.41, 5.74) is 4.98. The number of hydrogen-bond donors (Lipinski definition) is 2. The molecule has 0 amide bonds. The second-order valence-corrected chi connectivity index (χ2v) is 8.70. The van der Waals surface area contributed by atoms with Crippen LogP contribution in [-0.2, 0) is 0 Å². The summed E-state index contributed by atoms with van der Waals surface area (Å²) in [6.07, 6.45) is 9.74. The van der Waals surface area contributed by atoms with Crippen LogP contribution in [0.5, 0.6) is 11.5 Å². The van der Waals surface area contributed by atoms with Crippen LogP contribution in [0.1, 0.15) is 41.4 Å². The van der Waals surface area contributed by atoms with E-state index >= 15 is 0 Å². The lowest BCUT2D eigenvalue weighted by Crippen LogP contribution is -2.28. The number of benzene rings is 2. The van der Waals surface area contributed by atoms with Crippen LogP contribution in [0.25, 0.3) is 10.9 Å². The lowest BCUT2D eigenvalue weighted by Gasteiger charge is -2.23. The number of aromatic nitrogens is 3. The van der Waals surface area contributed by atoms with Gasteiger partial charge in [-0.05, 0) is 98.7 Å². The minimum atomic E-state index is 0.366. The molecule has 1 atom stereocenters. The van der Waals surface area contributed by atoms with Crippen molar-refractivity contribution < 1.29 is 4.74 Å². The van der Waals surface area contributed by atoms with Crippen LogP contribution < -0.4 is 15.4 Å². The van der Waals surface area contributed by atoms with Crippen LogP contribution in [0, 0.1) is 26.2 Å². The van der Waals surface area contributed by atoms with E-state index in [4.69, 9.17) is 11.2 Å². The fourth-order valence-electron chi connectivity index (χ4n) is 4.32. The molecule has 1 aliphatic heterocycles. The Bertz CT molecular complexity index is 1370. The van der Waals surface area contributed by atoms with Crippen molar-refractivity contribution in [3.63, 3.8) is 0 Å². The third-order valence-corrected chi connectivity index (χ3v) is 6.17. The quantitative estimate of drug-likeness (QED) is 0.385. The molecule has 2 N–H and O–H groups in total. The highest BCUT2D eigenvalue weighted by Crippen LogP contribution is 2.32. The van der Waals surface area contributed by atoms with Crippen LogP contribution in [-0.4, -0.2) is 28.0 Å². The standard InChI is InChI=1S/C28H27N5O/c1-4-27-32-25-11-8-20(21-6-5-13-29-16-21)15-24(25)28(33-27)31-22-9-12-26(18(2)14-22)34-23-10-7-19(3)30-17-23/h1,7-12,14-15,17,21,29H,5-6,13,16H2,2-3H3,(H,31,32,33). The number of aryl methyl sites for hydroxylation is 2. The topological polar surface area (TPSA) is 72.0 Å². The van der Waals surface area contributed by atoms with Crippen molar-refractivity contribution in [1.29, 1.82) is 0 Å². The van der Waals surface area contributed by atoms with Crippen molar-refractivity contribution in [2.24, 2.45) is 0 Å². The molecule has 5 rings (SSSR count). The van der Waals surface area contributed by atoms with Gasteiger partial charge in [0.15, 0.2) is 0 Å². The summed E-state index contributed by atoms with van der Waals surface area (Å²) in [6, 6.07) is 16.2. The summed E-state index contributed by atoms with van der Waals surface area (Å²) < 4.78 is 6.01. The van der Waals surface area contributed by atoms with Gasteiger partial charge < -0.3 is 15.4 Å². The zero-order chi connectivity index (χ0) is 23.5. The van der Waals surface area contributed by atoms with Gasteiger partial charge in [0.05, 0.1) is 11.7 Å². The Morgan fingerprint density at radius 3 is 2.74 bits per heavy atom. The number of nitrogens with one attached hydrogen (secondary N) is 2. The minimum Gasteiger partial charge on any atom is -0.455 e. The maximum atomic E-state index is 6.01. The highest BCUT2D eigenvalue weighted by molar-refractivity contribution is 5.91. The number of rotatable bonds is 5. The number of ether oxygens (including phenoxy) is 1. The zero-order valence-corrected chi connectivity index (χ0v) is 19.4. The first-order chi connectivity index (χ1) is 16.6. The average Bonchev–Trinajstić information content (AvgIpc) is 2.87. The Labute approximate surface area is 199 Å². The van der Waals surface area contributed by atoms with Gasteiger partial charge in [-0.2, -0.15) is 0 Å². The predicted molar refractivity (Wildman–Crippen MR) is 136 cm³/mol. The number of pyridine rings is 1. The average molecular weight is 450 g/mol. The molecule has 6 heteroatoms. The van der Waals surface area contributed by atoms with Gasteiger partial charge in [0.25, 0.3) is 0 Å². The monoisotopic (exact) mass is 449 g/mol. The molecular formula is C28H27N5O. The summed E-state index contributed by atoms with van der Waals surface area (Å²) in [6.45, 7) is 6.05. The number of terminal acetylenes is 1. The van der Waals surface area contributed by atoms with Gasteiger partial charge in [-0.3, -0.25) is 4.98 Å². The largest absolute Gasteiger partial charge is 0.455 e. The fraction of sp³-hybridized carbons (Fsp3) is 0.250. The predicted octanol–water partition coefficient (Wildman–Crippen LogP) is 5.63. The van der Waals surface area contributed by atoms with Crippen molar-refractivity contribution in [2.75, 3.05) is 18.4 Å². The van der Waals surface area contributed by atoms with E-state index in [1.54, 1.807) is 6.20 Å². The van der Waals surface area contributed by atoms with E-state index in [9.17, 15) is 0 Å². The SMILES string of the molecule is C#Cc1nc(Nc2ccc(Oc3ccc(C)nc3)c(C)c2)c2cc(C3CCCNC3)ccc2n1. The Kier molecular flexibility index (Phi) is 6.11. The number of fused-ring (bicyclic) bond motifs is 1. The molecule has 3 heterocycles. The van der Waals surface area contributed by atoms with Gasteiger partial charge in [-0.15, -0.1) is 6.42 Å². The molecular weight excluding hydrogens is 422 g/mol. The fourth-order valence-corrected chi connectivity index (χ4v) is 4.32. The van der Waals surface area contributed by atoms with Crippen LogP contribution >= 0.6 is 0 Å². The lowest BCUT2D eigenvalue weighted by molar-refractivity contribution is 0.462. The summed E-state index contributed by atoms with van der Waals surface area (Å²) >= 11 is 0. The maximum absolute atomic E-state index is 6.01. The second kappa shape index (κ2) is 9.50. The molecule has 1 fully saturated rings. The van der Waals surface area contributed by atoms with Crippen LogP contribution in [0.15, 0.2) is 54.7 Å². The van der Waals surface area contributed by atoms with E-state index in [1.807, 2.05) is 50.2 Å². The van der Waals surface area contributed by atoms with E-state index in [-0.39, 0.29) is 0 Å². The number of hydrogen-bond acceptors (Lipinski definition) is 6. The maximum Gasteiger partial charge on any atom is 0.207 e. The van der Waals surface area contributed by atoms with Gasteiger partial charge in [-0.1, -0.05) is 6.07 Å². The van der Waals surface area contributed by atoms with Crippen LogP contribution in [0.3, 0.4) is 0 Å². The lowest BCUT2D eigenvalue weighted by atomic mass is 9.91. The minimum absolute atomic E-state index is 0.366. The van der Waals surface area contributed by atoms with Crippen molar-refractivity contribution in [3.05, 3.63) is 77.4 Å². The molecule has 2 aromatic carbocycles. The summed E-state index contributed by atoms with van der Waals surface area (Å²) in [4.78, 5) is 13.4. The van der Waals surface area contributed by atoms with E-state index in [1.165, 1.54) is 18.4 Å². The molecule has 1 aliphatic rings. The highest BCUT2D eigenvalue weighted by atomic mass is 16.5. The first-order valence-corrected chi connectivity index (χ1v) is 11.6. The second-order valence-electron chi connectivity index (χ2n) is 8.70. The highest BCUT2D eigenvalue weighted by Gasteiger charge is 2.17. The third-order valence-electron chi connectivity index (χ3n) is 6.17. The molecule has 34 heavy (non-hydrogen) atoms. The molecule has 1 unspecified atom stereocenters. The summed E-state index contributed by atoms with van der Waals surface area (Å²) in [5.74, 6) is 5.63. The van der Waals surface area contributed by atoms with E-state index in [2.05, 4.69) is 43.6 Å². The van der Waals surface area contributed by atoms with E-state index < -0.39 is 0 Å². The number of piperidine rings is 1. The van der Waals surface area contributed by atoms with Gasteiger partial charge in [0.2, 0.25) is 5.82 Å². The summed E-state index contributed by atoms with van der Waals surface area (Å²) in [7, 11) is 0. The molecule has 0 radical (unpaired) electrons. The first-order valence-electron chi connectivity index (χ1n) is 11.6. The molecule has 170 valence electrons. The molecule has 1 saturated heterocycles. The number of nitrogens with zero attached hydrogens (tertiary/aromatic N) is 3. The smallest absolute Gasteiger partial charge is 0.207 e. The van der Waals surface area contributed by atoms with Crippen molar-refractivity contribution in [2.45, 2.75) is 32.6 Å². The Morgan fingerprint density at radius 1 is 1.09 bits per heavy atom.